The van der Waals surface area contributed by atoms with Crippen molar-refractivity contribution < 1.29 is 8.97 Å². The Morgan fingerprint density at radius 3 is 0.829 bits per heavy atom. The average molecular weight is 647 g/mol. The molecule has 4 atom stereocenters. The molecule has 0 rings (SSSR count). The number of nitrogens with zero attached hydrogens (tertiary/aromatic N) is 2. The van der Waals surface area contributed by atoms with E-state index >= 15 is 0 Å². The van der Waals surface area contributed by atoms with Crippen molar-refractivity contribution >= 4 is 58.3 Å². The largest absolute Gasteiger partial charge is 0.369 e. The van der Waals surface area contributed by atoms with E-state index in [1.54, 1.807) is 0 Å². The van der Waals surface area contributed by atoms with Gasteiger partial charge in [-0.25, -0.2) is 0 Å². The third-order valence-corrected chi connectivity index (χ3v) is 11.5. The Kier molecular flexibility index (Phi) is 24.2. The Morgan fingerprint density at radius 1 is 0.463 bits per heavy atom. The lowest BCUT2D eigenvalue weighted by Crippen LogP contribution is -2.69. The van der Waals surface area contributed by atoms with Gasteiger partial charge < -0.3 is 49.7 Å². The molecule has 0 aromatic rings. The standard InChI is InChI=1S/C35H70N2S4/c1-9-17-21-30(13-5)25-36(34(38)39,26-31(14-6)22-18-10-2)29-37(35(40)41,27-32(15-7)23-19-11-3)28-33(16-8)24-20-12-4/h30-33H,9-29H2,1-8H3. The van der Waals surface area contributed by atoms with Gasteiger partial charge in [-0.05, 0) is 51.4 Å². The van der Waals surface area contributed by atoms with E-state index in [2.05, 4.69) is 55.4 Å². The molecular weight excluding hydrogens is 577 g/mol. The smallest absolute Gasteiger partial charge is 0.214 e. The molecule has 0 fully saturated rings. The second-order valence-corrected chi connectivity index (χ2v) is 15.4. The van der Waals surface area contributed by atoms with Gasteiger partial charge in [-0.1, -0.05) is 107 Å². The molecule has 0 saturated carbocycles. The molecule has 6 heteroatoms. The van der Waals surface area contributed by atoms with Crippen molar-refractivity contribution in [3.63, 3.8) is 0 Å². The van der Waals surface area contributed by atoms with E-state index in [0.29, 0.717) is 23.7 Å². The maximum absolute atomic E-state index is 6.17. The fourth-order valence-corrected chi connectivity index (χ4v) is 7.79. The topological polar surface area (TPSA) is 0 Å². The van der Waals surface area contributed by atoms with Gasteiger partial charge in [-0.2, -0.15) is 0 Å². The highest BCUT2D eigenvalue weighted by Crippen LogP contribution is 2.32. The van der Waals surface area contributed by atoms with Crippen LogP contribution in [0.2, 0.25) is 0 Å². The molecule has 0 radical (unpaired) electrons. The molecule has 0 N–H and O–H groups in total. The number of hydrogen-bond donors (Lipinski definition) is 0. The fraction of sp³-hybridized carbons (Fsp3) is 0.943. The third-order valence-electron chi connectivity index (χ3n) is 9.92. The quantitative estimate of drug-likeness (QED) is 0.0397. The van der Waals surface area contributed by atoms with Crippen LogP contribution >= 0.6 is 24.4 Å². The van der Waals surface area contributed by atoms with Gasteiger partial charge in [0.05, 0.1) is 26.2 Å². The lowest BCUT2D eigenvalue weighted by atomic mass is 9.93. The van der Waals surface area contributed by atoms with Gasteiger partial charge in [0, 0.05) is 32.3 Å². The molecule has 0 aliphatic rings. The van der Waals surface area contributed by atoms with Gasteiger partial charge in [0.2, 0.25) is 6.67 Å². The summed E-state index contributed by atoms with van der Waals surface area (Å²) in [7, 11) is 0. The predicted octanol–water partition coefficient (Wildman–Crippen LogP) is 11.1. The summed E-state index contributed by atoms with van der Waals surface area (Å²) < 4.78 is 3.01. The summed E-state index contributed by atoms with van der Waals surface area (Å²) in [6.07, 6.45) is 19.9. The highest BCUT2D eigenvalue weighted by Gasteiger charge is 2.44. The van der Waals surface area contributed by atoms with E-state index < -0.39 is 0 Å². The number of hydrogen-bond acceptors (Lipinski definition) is 4. The van der Waals surface area contributed by atoms with E-state index in [-0.39, 0.29) is 0 Å². The van der Waals surface area contributed by atoms with Crippen LogP contribution in [0.4, 0.5) is 0 Å². The average Bonchev–Trinajstić information content (AvgIpc) is 2.96. The molecule has 0 aromatic carbocycles. The fourth-order valence-electron chi connectivity index (χ4n) is 6.96. The van der Waals surface area contributed by atoms with E-state index in [9.17, 15) is 0 Å². The second-order valence-electron chi connectivity index (χ2n) is 13.4. The molecule has 0 aliphatic carbocycles. The molecule has 0 spiro atoms. The van der Waals surface area contributed by atoms with Crippen molar-refractivity contribution in [2.45, 2.75) is 158 Å². The van der Waals surface area contributed by atoms with Gasteiger partial charge >= 0.3 is 0 Å². The highest BCUT2D eigenvalue weighted by molar-refractivity contribution is 8.00. The molecule has 0 saturated heterocycles. The van der Waals surface area contributed by atoms with Crippen molar-refractivity contribution in [3.8, 4) is 0 Å². The van der Waals surface area contributed by atoms with Crippen LogP contribution in [0.15, 0.2) is 0 Å². The molecule has 0 heterocycles. The normalized spacial score (nSPS) is 17.8. The number of rotatable bonds is 26. The maximum atomic E-state index is 6.17. The Labute approximate surface area is 280 Å². The molecule has 0 aliphatic heterocycles. The summed E-state index contributed by atoms with van der Waals surface area (Å²) in [6.45, 7) is 23.8. The van der Waals surface area contributed by atoms with Crippen LogP contribution in [0.5, 0.6) is 0 Å². The van der Waals surface area contributed by atoms with Crippen LogP contribution in [0.25, 0.3) is 0 Å². The summed E-state index contributed by atoms with van der Waals surface area (Å²) in [5, 5.41) is 0. The van der Waals surface area contributed by atoms with Crippen LogP contribution in [0, 0.1) is 23.7 Å². The van der Waals surface area contributed by atoms with E-state index in [0.717, 1.165) is 50.5 Å². The van der Waals surface area contributed by atoms with Crippen molar-refractivity contribution in [2.75, 3.05) is 32.8 Å². The minimum atomic E-state index is 0.629. The minimum Gasteiger partial charge on any atom is -0.369 e. The van der Waals surface area contributed by atoms with Crippen LogP contribution < -0.4 is 0 Å². The molecule has 0 aromatic heterocycles. The second kappa shape index (κ2) is 23.9. The first-order valence-electron chi connectivity index (χ1n) is 17.7. The van der Waals surface area contributed by atoms with Gasteiger partial charge in [0.25, 0.3) is 0 Å². The summed E-state index contributed by atoms with van der Waals surface area (Å²) in [5.74, 6) is 2.52. The monoisotopic (exact) mass is 646 g/mol. The Hall–Kier alpha value is 0.540. The highest BCUT2D eigenvalue weighted by atomic mass is 32.1. The summed E-state index contributed by atoms with van der Waals surface area (Å²) in [4.78, 5) is 0. The van der Waals surface area contributed by atoms with Crippen molar-refractivity contribution in [3.05, 3.63) is 0 Å². The first-order valence-corrected chi connectivity index (χ1v) is 19.3. The van der Waals surface area contributed by atoms with Crippen LogP contribution in [-0.4, -0.2) is 50.5 Å². The Bertz CT molecular complexity index is 591. The first kappa shape index (κ1) is 41.5. The van der Waals surface area contributed by atoms with Crippen LogP contribution in [-0.2, 0) is 25.3 Å². The molecule has 2 nitrogen and oxygen atoms in total. The van der Waals surface area contributed by atoms with Crippen molar-refractivity contribution in [1.29, 1.82) is 0 Å². The zero-order valence-corrected chi connectivity index (χ0v) is 32.0. The summed E-state index contributed by atoms with van der Waals surface area (Å²) in [5.41, 5.74) is 0. The Morgan fingerprint density at radius 2 is 0.683 bits per heavy atom. The lowest BCUT2D eigenvalue weighted by molar-refractivity contribution is -1.02. The van der Waals surface area contributed by atoms with Gasteiger partial charge in [-0.15, -0.1) is 0 Å². The van der Waals surface area contributed by atoms with E-state index in [1.807, 2.05) is 0 Å². The lowest BCUT2D eigenvalue weighted by Gasteiger charge is -2.53. The molecule has 41 heavy (non-hydrogen) atoms. The van der Waals surface area contributed by atoms with E-state index in [1.165, 1.54) is 103 Å². The van der Waals surface area contributed by atoms with Crippen molar-refractivity contribution in [1.82, 2.24) is 0 Å². The summed E-state index contributed by atoms with van der Waals surface area (Å²) >= 11 is 24.7. The summed E-state index contributed by atoms with van der Waals surface area (Å²) in [6, 6.07) is 0. The number of unbranched alkanes of at least 4 members (excludes halogenated alkanes) is 4. The van der Waals surface area contributed by atoms with Crippen molar-refractivity contribution in [2.24, 2.45) is 23.7 Å². The Balaban J connectivity index is 7.01. The molecule has 4 unspecified atom stereocenters. The minimum absolute atomic E-state index is 0.629. The molecular formula is C35H70N2S4. The maximum Gasteiger partial charge on any atom is 0.214 e. The third kappa shape index (κ3) is 15.4. The molecule has 244 valence electrons. The first-order chi connectivity index (χ1) is 19.6. The molecule has 0 bridgehead atoms. The van der Waals surface area contributed by atoms with Gasteiger partial charge in [-0.3, -0.25) is 8.97 Å². The molecule has 0 amide bonds. The zero-order chi connectivity index (χ0) is 31.3. The number of quaternary nitrogens is 2. The zero-order valence-electron chi connectivity index (χ0n) is 28.7. The number of thiocarbonyl (C=S) groups is 2. The van der Waals surface area contributed by atoms with Gasteiger partial charge in [0.15, 0.2) is 0 Å². The van der Waals surface area contributed by atoms with Gasteiger partial charge in [0.1, 0.15) is 0 Å². The van der Waals surface area contributed by atoms with Crippen LogP contribution in [0.1, 0.15) is 158 Å². The van der Waals surface area contributed by atoms with Crippen LogP contribution in [0.3, 0.4) is 0 Å². The predicted molar refractivity (Wildman–Crippen MR) is 198 cm³/mol. The SMILES string of the molecule is CCCCC(CC)C[N+](CC(CC)CCCC)(C[N+](CC(CC)CCCC)(CC(CC)CCCC)C(=S)[S-])C(=S)[S-]. The van der Waals surface area contributed by atoms with E-state index in [4.69, 9.17) is 49.7 Å².